The second-order valence-corrected chi connectivity index (χ2v) is 12.6. The molecule has 0 aromatic rings. The second-order valence-electron chi connectivity index (χ2n) is 10.6. The summed E-state index contributed by atoms with van der Waals surface area (Å²) in [5, 5.41) is 0. The molecule has 9 aliphatic rings. The largest absolute Gasteiger partial charge is 0.136 e. The maximum atomic E-state index is 6.44. The van der Waals surface area contributed by atoms with Gasteiger partial charge >= 0.3 is 0 Å². The standard InChI is InChI=1S/C21H28S2/c22-19-20(15-3-11-1-12(5-15)6-16(20)4-11)23-21(19)17-7-13-2-14(9-17)10-18(21)8-13/h11-18H,1-10H2. The van der Waals surface area contributed by atoms with E-state index in [9.17, 15) is 0 Å². The van der Waals surface area contributed by atoms with Gasteiger partial charge in [-0.1, -0.05) is 12.2 Å². The Labute approximate surface area is 149 Å². The minimum atomic E-state index is 0.498. The zero-order valence-electron chi connectivity index (χ0n) is 14.0. The van der Waals surface area contributed by atoms with Crippen molar-refractivity contribution < 1.29 is 0 Å². The average Bonchev–Trinajstić information content (AvgIpc) is 2.51. The minimum absolute atomic E-state index is 0.498. The summed E-state index contributed by atoms with van der Waals surface area (Å²) in [7, 11) is 0. The van der Waals surface area contributed by atoms with Gasteiger partial charge in [0.05, 0.1) is 9.49 Å². The summed E-state index contributed by atoms with van der Waals surface area (Å²) >= 11 is 8.96. The Bertz CT molecular complexity index is 499. The number of rotatable bonds is 0. The molecule has 2 heteroatoms. The van der Waals surface area contributed by atoms with E-state index in [4.69, 9.17) is 12.2 Å². The number of hydrogen-bond acceptors (Lipinski definition) is 2. The molecule has 0 N–H and O–H groups in total. The van der Waals surface area contributed by atoms with E-state index in [-0.39, 0.29) is 0 Å². The molecule has 0 amide bonds. The predicted molar refractivity (Wildman–Crippen MR) is 99.7 cm³/mol. The van der Waals surface area contributed by atoms with Crippen molar-refractivity contribution in [2.75, 3.05) is 0 Å². The van der Waals surface area contributed by atoms with Crippen molar-refractivity contribution in [3.05, 3.63) is 0 Å². The van der Waals surface area contributed by atoms with Crippen LogP contribution in [-0.4, -0.2) is 14.4 Å². The molecule has 1 saturated heterocycles. The molecule has 2 spiro atoms. The van der Waals surface area contributed by atoms with Gasteiger partial charge in [-0.25, -0.2) is 0 Å². The molecule has 8 aliphatic carbocycles. The molecular formula is C21H28S2. The first-order valence-corrected chi connectivity index (χ1v) is 11.7. The highest BCUT2D eigenvalue weighted by Crippen LogP contribution is 2.78. The van der Waals surface area contributed by atoms with Gasteiger partial charge in [-0.05, 0) is 112 Å². The van der Waals surface area contributed by atoms with Gasteiger partial charge in [0.1, 0.15) is 0 Å². The van der Waals surface area contributed by atoms with Gasteiger partial charge in [0.15, 0.2) is 0 Å². The summed E-state index contributed by atoms with van der Waals surface area (Å²) in [6.45, 7) is 0. The summed E-state index contributed by atoms with van der Waals surface area (Å²) in [5.74, 6) is 8.28. The lowest BCUT2D eigenvalue weighted by Crippen LogP contribution is -2.77. The molecule has 0 aromatic heterocycles. The Morgan fingerprint density at radius 1 is 0.565 bits per heavy atom. The molecule has 8 bridgehead atoms. The van der Waals surface area contributed by atoms with Crippen LogP contribution < -0.4 is 0 Å². The molecule has 23 heavy (non-hydrogen) atoms. The van der Waals surface area contributed by atoms with Gasteiger partial charge in [-0.15, -0.1) is 11.8 Å². The van der Waals surface area contributed by atoms with Crippen LogP contribution in [-0.2, 0) is 0 Å². The van der Waals surface area contributed by atoms with E-state index in [1.165, 1.54) is 51.4 Å². The lowest BCUT2D eigenvalue weighted by atomic mass is 9.45. The molecule has 8 saturated carbocycles. The predicted octanol–water partition coefficient (Wildman–Crippen LogP) is 5.49. The van der Waals surface area contributed by atoms with E-state index < -0.39 is 0 Å². The smallest absolute Gasteiger partial charge is 0.0551 e. The fourth-order valence-corrected chi connectivity index (χ4v) is 12.8. The van der Waals surface area contributed by atoms with Crippen LogP contribution in [0.3, 0.4) is 0 Å². The molecule has 1 aliphatic heterocycles. The second kappa shape index (κ2) is 4.05. The SMILES string of the molecule is S=C1C2(SC13C1CC4CC(C1)CC3C4)C1CC3CC(C1)CC2C3. The molecule has 0 radical (unpaired) electrons. The highest BCUT2D eigenvalue weighted by molar-refractivity contribution is 8.09. The van der Waals surface area contributed by atoms with Crippen molar-refractivity contribution in [3.8, 4) is 0 Å². The zero-order chi connectivity index (χ0) is 15.0. The van der Waals surface area contributed by atoms with Crippen LogP contribution >= 0.6 is 24.0 Å². The van der Waals surface area contributed by atoms with E-state index >= 15 is 0 Å². The van der Waals surface area contributed by atoms with Gasteiger partial charge in [-0.3, -0.25) is 0 Å². The number of thiocarbonyl (C=S) groups is 1. The lowest BCUT2D eigenvalue weighted by Gasteiger charge is -2.76. The third kappa shape index (κ3) is 1.38. The fourth-order valence-electron chi connectivity index (χ4n) is 9.47. The third-order valence-electron chi connectivity index (χ3n) is 9.75. The number of thioether (sulfide) groups is 1. The summed E-state index contributed by atoms with van der Waals surface area (Å²) in [5.41, 5.74) is 0. The van der Waals surface area contributed by atoms with Crippen molar-refractivity contribution in [1.82, 2.24) is 0 Å². The topological polar surface area (TPSA) is 0 Å². The first-order valence-electron chi connectivity index (χ1n) is 10.4. The van der Waals surface area contributed by atoms with Crippen LogP contribution in [0.2, 0.25) is 0 Å². The van der Waals surface area contributed by atoms with Crippen LogP contribution in [0.15, 0.2) is 0 Å². The van der Waals surface area contributed by atoms with Gasteiger partial charge in [-0.2, -0.15) is 0 Å². The third-order valence-corrected chi connectivity index (χ3v) is 13.1. The van der Waals surface area contributed by atoms with Crippen molar-refractivity contribution >= 4 is 28.8 Å². The first kappa shape index (κ1) is 13.6. The van der Waals surface area contributed by atoms with Gasteiger partial charge in [0.25, 0.3) is 0 Å². The number of hydrogen-bond donors (Lipinski definition) is 0. The molecule has 0 nitrogen and oxygen atoms in total. The van der Waals surface area contributed by atoms with Gasteiger partial charge < -0.3 is 0 Å². The first-order chi connectivity index (χ1) is 11.2. The maximum Gasteiger partial charge on any atom is 0.0551 e. The van der Waals surface area contributed by atoms with E-state index in [0.717, 1.165) is 47.3 Å². The lowest BCUT2D eigenvalue weighted by molar-refractivity contribution is -0.0246. The van der Waals surface area contributed by atoms with Crippen LogP contribution in [0.5, 0.6) is 0 Å². The van der Waals surface area contributed by atoms with Crippen LogP contribution in [0.4, 0.5) is 0 Å². The Morgan fingerprint density at radius 2 is 0.870 bits per heavy atom. The summed E-state index contributed by atoms with van der Waals surface area (Å²) in [6, 6.07) is 0. The molecular weight excluding hydrogens is 316 g/mol. The molecule has 9 rings (SSSR count). The Hall–Kier alpha value is 0.440. The van der Waals surface area contributed by atoms with Crippen LogP contribution in [0.1, 0.15) is 64.2 Å². The average molecular weight is 345 g/mol. The molecule has 0 atom stereocenters. The molecule has 124 valence electrons. The Morgan fingerprint density at radius 3 is 1.13 bits per heavy atom. The van der Waals surface area contributed by atoms with E-state index in [1.54, 1.807) is 17.7 Å². The van der Waals surface area contributed by atoms with E-state index in [2.05, 4.69) is 11.8 Å². The summed E-state index contributed by atoms with van der Waals surface area (Å²) < 4.78 is 0.996. The Balaban J connectivity index is 1.29. The Kier molecular flexibility index (Phi) is 2.40. The van der Waals surface area contributed by atoms with E-state index in [0.29, 0.717) is 9.49 Å². The zero-order valence-corrected chi connectivity index (χ0v) is 15.6. The molecule has 1 heterocycles. The monoisotopic (exact) mass is 344 g/mol. The quantitative estimate of drug-likeness (QED) is 0.533. The summed E-state index contributed by atoms with van der Waals surface area (Å²) in [6.07, 6.45) is 15.4. The van der Waals surface area contributed by atoms with Crippen LogP contribution in [0.25, 0.3) is 0 Å². The van der Waals surface area contributed by atoms with Gasteiger partial charge in [0.2, 0.25) is 0 Å². The van der Waals surface area contributed by atoms with Crippen molar-refractivity contribution in [3.63, 3.8) is 0 Å². The molecule has 0 unspecified atom stereocenters. The van der Waals surface area contributed by atoms with E-state index in [1.807, 2.05) is 0 Å². The van der Waals surface area contributed by atoms with Crippen molar-refractivity contribution in [2.45, 2.75) is 73.7 Å². The summed E-state index contributed by atoms with van der Waals surface area (Å²) in [4.78, 5) is 1.65. The maximum absolute atomic E-state index is 6.44. The highest BCUT2D eigenvalue weighted by Gasteiger charge is 2.76. The fraction of sp³-hybridized carbons (Fsp3) is 0.952. The van der Waals surface area contributed by atoms with Gasteiger partial charge in [0, 0.05) is 4.86 Å². The van der Waals surface area contributed by atoms with Crippen LogP contribution in [0, 0.1) is 47.3 Å². The highest BCUT2D eigenvalue weighted by atomic mass is 32.2. The normalized spacial score (nSPS) is 67.4. The molecule has 0 aromatic carbocycles. The molecule has 9 fully saturated rings. The minimum Gasteiger partial charge on any atom is -0.136 e. The van der Waals surface area contributed by atoms with Crippen molar-refractivity contribution in [1.29, 1.82) is 0 Å². The van der Waals surface area contributed by atoms with Crippen molar-refractivity contribution in [2.24, 2.45) is 47.3 Å².